The maximum absolute atomic E-state index is 9.90. The summed E-state index contributed by atoms with van der Waals surface area (Å²) in [5.41, 5.74) is 6.28. The van der Waals surface area contributed by atoms with Gasteiger partial charge < -0.3 is 15.2 Å². The molecule has 0 amide bonds. The highest BCUT2D eigenvalue weighted by molar-refractivity contribution is 7.18. The summed E-state index contributed by atoms with van der Waals surface area (Å²) in [6, 6.07) is 23.0. The highest BCUT2D eigenvalue weighted by atomic mass is 32.1. The first-order valence-corrected chi connectivity index (χ1v) is 14.2. The lowest BCUT2D eigenvalue weighted by molar-refractivity contribution is 0.126. The second kappa shape index (κ2) is 11.5. The number of hydrogen-bond acceptors (Lipinski definition) is 8. The summed E-state index contributed by atoms with van der Waals surface area (Å²) in [6.07, 6.45) is 6.50. The Balaban J connectivity index is 1.26. The van der Waals surface area contributed by atoms with E-state index in [-0.39, 0.29) is 12.1 Å². The number of fused-ring (bicyclic) bond motifs is 1. The van der Waals surface area contributed by atoms with Crippen LogP contribution in [0.3, 0.4) is 0 Å². The molecule has 3 heterocycles. The predicted octanol–water partition coefficient (Wildman–Crippen LogP) is 6.05. The van der Waals surface area contributed by atoms with Crippen LogP contribution in [0, 0.1) is 0 Å². The molecular weight excluding hydrogens is 506 g/mol. The van der Waals surface area contributed by atoms with Crippen molar-refractivity contribution >= 4 is 27.5 Å². The highest BCUT2D eigenvalue weighted by Gasteiger charge is 2.20. The van der Waals surface area contributed by atoms with Crippen molar-refractivity contribution in [2.45, 2.75) is 50.7 Å². The van der Waals surface area contributed by atoms with Gasteiger partial charge in [0.05, 0.1) is 39.8 Å². The van der Waals surface area contributed by atoms with Gasteiger partial charge in [-0.25, -0.2) is 19.9 Å². The van der Waals surface area contributed by atoms with Crippen LogP contribution in [0.5, 0.6) is 5.88 Å². The molecule has 39 heavy (non-hydrogen) atoms. The number of pyridine rings is 1. The molecule has 0 atom stereocenters. The number of benzene rings is 2. The predicted molar refractivity (Wildman–Crippen MR) is 155 cm³/mol. The molecule has 8 heteroatoms. The summed E-state index contributed by atoms with van der Waals surface area (Å²) in [5, 5.41) is 14.5. The van der Waals surface area contributed by atoms with Crippen LogP contribution in [-0.2, 0) is 12.8 Å². The van der Waals surface area contributed by atoms with E-state index in [1.165, 1.54) is 5.56 Å². The Labute approximate surface area is 232 Å². The minimum Gasteiger partial charge on any atom is -0.481 e. The number of aromatic nitrogens is 4. The van der Waals surface area contributed by atoms with Gasteiger partial charge in [-0.3, -0.25) is 0 Å². The Morgan fingerprint density at radius 3 is 2.38 bits per heavy atom. The molecule has 1 saturated carbocycles. The summed E-state index contributed by atoms with van der Waals surface area (Å²) in [5.74, 6) is 1.27. The number of ether oxygens (including phenoxy) is 1. The zero-order chi connectivity index (χ0) is 26.6. The Hall–Kier alpha value is -3.88. The molecule has 3 aromatic heterocycles. The molecule has 198 valence electrons. The van der Waals surface area contributed by atoms with Gasteiger partial charge in [0, 0.05) is 36.7 Å². The molecule has 0 bridgehead atoms. The van der Waals surface area contributed by atoms with Crippen LogP contribution in [0.15, 0.2) is 72.9 Å². The summed E-state index contributed by atoms with van der Waals surface area (Å²) in [6.45, 7) is 0. The van der Waals surface area contributed by atoms with Crippen molar-refractivity contribution < 1.29 is 9.84 Å². The van der Waals surface area contributed by atoms with E-state index in [1.54, 1.807) is 18.4 Å². The number of aliphatic hydroxyl groups is 1. The van der Waals surface area contributed by atoms with E-state index >= 15 is 0 Å². The van der Waals surface area contributed by atoms with Gasteiger partial charge in [0.15, 0.2) is 0 Å². The SMILES string of the molecule is COc1ccc(-c2ccc3nc(Cc4cc(Cc5ccccc5)nc(NC5CCC(O)CC5)n4)sc3c2)cn1. The van der Waals surface area contributed by atoms with E-state index in [4.69, 9.17) is 19.7 Å². The zero-order valence-corrected chi connectivity index (χ0v) is 22.7. The molecule has 1 aliphatic carbocycles. The third kappa shape index (κ3) is 6.24. The summed E-state index contributed by atoms with van der Waals surface area (Å²) >= 11 is 1.70. The molecule has 5 aromatic rings. The summed E-state index contributed by atoms with van der Waals surface area (Å²) in [7, 11) is 1.62. The summed E-state index contributed by atoms with van der Waals surface area (Å²) < 4.78 is 6.32. The van der Waals surface area contributed by atoms with Crippen LogP contribution >= 0.6 is 11.3 Å². The fourth-order valence-corrected chi connectivity index (χ4v) is 6.08. The third-order valence-electron chi connectivity index (χ3n) is 7.13. The average molecular weight is 538 g/mol. The van der Waals surface area contributed by atoms with Crippen molar-refractivity contribution in [2.75, 3.05) is 12.4 Å². The van der Waals surface area contributed by atoms with E-state index in [9.17, 15) is 5.11 Å². The zero-order valence-electron chi connectivity index (χ0n) is 21.9. The second-order valence-corrected chi connectivity index (χ2v) is 11.2. The molecule has 0 spiro atoms. The fraction of sp³-hybridized carbons (Fsp3) is 0.290. The number of thiazole rings is 1. The monoisotopic (exact) mass is 537 g/mol. The lowest BCUT2D eigenvalue weighted by atomic mass is 9.93. The normalized spacial score (nSPS) is 17.3. The lowest BCUT2D eigenvalue weighted by Crippen LogP contribution is -2.29. The van der Waals surface area contributed by atoms with Gasteiger partial charge >= 0.3 is 0 Å². The van der Waals surface area contributed by atoms with E-state index in [1.807, 2.05) is 24.4 Å². The van der Waals surface area contributed by atoms with E-state index in [0.717, 1.165) is 69.8 Å². The molecule has 7 nitrogen and oxygen atoms in total. The molecule has 2 aromatic carbocycles. The van der Waals surface area contributed by atoms with Crippen LogP contribution in [0.4, 0.5) is 5.95 Å². The van der Waals surface area contributed by atoms with E-state index < -0.39 is 0 Å². The first-order chi connectivity index (χ1) is 19.1. The molecule has 6 rings (SSSR count). The van der Waals surface area contributed by atoms with Crippen LogP contribution in [0.1, 0.15) is 47.6 Å². The Morgan fingerprint density at radius 1 is 0.872 bits per heavy atom. The number of rotatable bonds is 8. The van der Waals surface area contributed by atoms with Gasteiger partial charge in [0.25, 0.3) is 0 Å². The van der Waals surface area contributed by atoms with Gasteiger partial charge in [-0.05, 0) is 61.1 Å². The van der Waals surface area contributed by atoms with Crippen molar-refractivity contribution in [2.24, 2.45) is 0 Å². The van der Waals surface area contributed by atoms with Crippen molar-refractivity contribution in [1.29, 1.82) is 0 Å². The van der Waals surface area contributed by atoms with Crippen LogP contribution in [0.25, 0.3) is 21.3 Å². The van der Waals surface area contributed by atoms with Gasteiger partial charge in [-0.2, -0.15) is 0 Å². The number of hydrogen-bond donors (Lipinski definition) is 2. The number of methoxy groups -OCH3 is 1. The van der Waals surface area contributed by atoms with Crippen molar-refractivity contribution in [3.63, 3.8) is 0 Å². The minimum absolute atomic E-state index is 0.190. The number of aliphatic hydroxyl groups excluding tert-OH is 1. The standard InChI is InChI=1S/C31H31N5O2S/c1-38-29-14-8-22(19-32-29)21-7-13-27-28(16-21)39-30(36-27)18-25-17-24(15-20-5-3-2-4-6-20)34-31(35-25)33-23-9-11-26(37)12-10-23/h2-8,13-14,16-17,19,23,26,37H,9-12,15,18H2,1H3,(H,33,34,35). The maximum atomic E-state index is 9.90. The van der Waals surface area contributed by atoms with Gasteiger partial charge in [0.1, 0.15) is 0 Å². The van der Waals surface area contributed by atoms with Gasteiger partial charge in [-0.1, -0.05) is 36.4 Å². The Morgan fingerprint density at radius 2 is 1.64 bits per heavy atom. The first kappa shape index (κ1) is 25.4. The van der Waals surface area contributed by atoms with Crippen LogP contribution < -0.4 is 10.1 Å². The lowest BCUT2D eigenvalue weighted by Gasteiger charge is -2.26. The second-order valence-electron chi connectivity index (χ2n) is 10.0. The van der Waals surface area contributed by atoms with E-state index in [2.05, 4.69) is 58.8 Å². The third-order valence-corrected chi connectivity index (χ3v) is 8.15. The quantitative estimate of drug-likeness (QED) is 0.249. The van der Waals surface area contributed by atoms with Gasteiger partial charge in [0.2, 0.25) is 11.8 Å². The molecule has 2 N–H and O–H groups in total. The topological polar surface area (TPSA) is 93.1 Å². The molecule has 0 aliphatic heterocycles. The van der Waals surface area contributed by atoms with Crippen LogP contribution in [0.2, 0.25) is 0 Å². The maximum Gasteiger partial charge on any atom is 0.223 e. The minimum atomic E-state index is -0.190. The molecule has 1 fully saturated rings. The molecular formula is C31H31N5O2S. The fourth-order valence-electron chi connectivity index (χ4n) is 5.06. The average Bonchev–Trinajstić information content (AvgIpc) is 3.36. The van der Waals surface area contributed by atoms with Crippen molar-refractivity contribution in [3.8, 4) is 17.0 Å². The number of nitrogens with one attached hydrogen (secondary N) is 1. The molecule has 0 saturated heterocycles. The van der Waals surface area contributed by atoms with Crippen molar-refractivity contribution in [3.05, 3.63) is 94.9 Å². The highest BCUT2D eigenvalue weighted by Crippen LogP contribution is 2.30. The Kier molecular flexibility index (Phi) is 7.47. The first-order valence-electron chi connectivity index (χ1n) is 13.4. The smallest absolute Gasteiger partial charge is 0.223 e. The van der Waals surface area contributed by atoms with Crippen LogP contribution in [-0.4, -0.2) is 44.3 Å². The number of anilines is 1. The van der Waals surface area contributed by atoms with Crippen molar-refractivity contribution in [1.82, 2.24) is 19.9 Å². The number of nitrogens with zero attached hydrogens (tertiary/aromatic N) is 4. The van der Waals surface area contributed by atoms with E-state index in [0.29, 0.717) is 18.2 Å². The Bertz CT molecular complexity index is 1550. The summed E-state index contributed by atoms with van der Waals surface area (Å²) in [4.78, 5) is 19.0. The largest absolute Gasteiger partial charge is 0.481 e. The van der Waals surface area contributed by atoms with Gasteiger partial charge in [-0.15, -0.1) is 11.3 Å². The molecule has 1 aliphatic rings. The molecule has 0 unspecified atom stereocenters. The molecule has 0 radical (unpaired) electrons.